The van der Waals surface area contributed by atoms with Gasteiger partial charge in [-0.2, -0.15) is 0 Å². The molecule has 0 radical (unpaired) electrons. The lowest BCUT2D eigenvalue weighted by atomic mass is 9.79. The Bertz CT molecular complexity index is 807. The summed E-state index contributed by atoms with van der Waals surface area (Å²) in [4.78, 5) is 19.9. The Morgan fingerprint density at radius 1 is 1.33 bits per heavy atom. The van der Waals surface area contributed by atoms with Crippen LogP contribution in [0.3, 0.4) is 0 Å². The molecule has 1 aliphatic heterocycles. The van der Waals surface area contributed by atoms with Gasteiger partial charge in [0.15, 0.2) is 0 Å². The average Bonchev–Trinajstić information content (AvgIpc) is 3.00. The molecule has 1 saturated carbocycles. The molecule has 146 valence electrons. The van der Waals surface area contributed by atoms with E-state index in [2.05, 4.69) is 15.3 Å². The van der Waals surface area contributed by atoms with Crippen LogP contribution in [0.4, 0.5) is 8.78 Å². The van der Waals surface area contributed by atoms with Crippen molar-refractivity contribution >= 4 is 16.9 Å². The molecule has 0 spiro atoms. The summed E-state index contributed by atoms with van der Waals surface area (Å²) in [5.74, 6) is -2.02. The molecular formula is C20H25F2N3O2. The van der Waals surface area contributed by atoms with E-state index in [9.17, 15) is 13.6 Å². The van der Waals surface area contributed by atoms with Gasteiger partial charge in [0, 0.05) is 38.8 Å². The minimum Gasteiger partial charge on any atom is -0.378 e. The number of aromatic nitrogens is 2. The summed E-state index contributed by atoms with van der Waals surface area (Å²) in [5, 5.41) is 2.82. The van der Waals surface area contributed by atoms with Crippen molar-refractivity contribution in [2.45, 2.75) is 63.5 Å². The zero-order chi connectivity index (χ0) is 18.9. The highest BCUT2D eigenvalue weighted by Crippen LogP contribution is 2.43. The Morgan fingerprint density at radius 3 is 2.93 bits per heavy atom. The number of hydrogen-bond donors (Lipinski definition) is 2. The lowest BCUT2D eigenvalue weighted by molar-refractivity contribution is -0.133. The van der Waals surface area contributed by atoms with Crippen LogP contribution < -0.4 is 5.32 Å². The van der Waals surface area contributed by atoms with Crippen molar-refractivity contribution in [1.29, 1.82) is 0 Å². The number of fused-ring (bicyclic) bond motifs is 1. The van der Waals surface area contributed by atoms with Crippen molar-refractivity contribution in [3.63, 3.8) is 0 Å². The minimum atomic E-state index is -2.57. The number of benzene rings is 1. The first-order valence-corrected chi connectivity index (χ1v) is 9.70. The third-order valence-electron chi connectivity index (χ3n) is 5.43. The molecule has 0 bridgehead atoms. The number of alkyl halides is 2. The molecule has 1 aliphatic carbocycles. The molecule has 1 unspecified atom stereocenters. The maximum absolute atomic E-state index is 12.8. The Balaban J connectivity index is 1.30. The largest absolute Gasteiger partial charge is 0.378 e. The van der Waals surface area contributed by atoms with Crippen LogP contribution in [0, 0.1) is 5.92 Å². The molecule has 2 N–H and O–H groups in total. The summed E-state index contributed by atoms with van der Waals surface area (Å²) in [5.41, 5.74) is 2.79. The van der Waals surface area contributed by atoms with Crippen molar-refractivity contribution in [3.05, 3.63) is 29.6 Å². The van der Waals surface area contributed by atoms with Crippen LogP contribution in [-0.2, 0) is 22.5 Å². The van der Waals surface area contributed by atoms with E-state index < -0.39 is 5.92 Å². The van der Waals surface area contributed by atoms with E-state index in [1.807, 2.05) is 18.2 Å². The second-order valence-electron chi connectivity index (χ2n) is 7.84. The lowest BCUT2D eigenvalue weighted by Gasteiger charge is -2.34. The maximum Gasteiger partial charge on any atom is 0.248 e. The summed E-state index contributed by atoms with van der Waals surface area (Å²) in [6.45, 7) is 1.21. The molecule has 1 amide bonds. The number of ether oxygens (including phenoxy) is 1. The molecule has 1 aromatic heterocycles. The van der Waals surface area contributed by atoms with E-state index in [1.165, 1.54) is 6.42 Å². The van der Waals surface area contributed by atoms with E-state index in [0.29, 0.717) is 6.54 Å². The number of halogens is 2. The molecular weight excluding hydrogens is 352 g/mol. The van der Waals surface area contributed by atoms with Gasteiger partial charge in [-0.3, -0.25) is 4.79 Å². The third kappa shape index (κ3) is 4.64. The second kappa shape index (κ2) is 7.54. The minimum absolute atomic E-state index is 0.171. The van der Waals surface area contributed by atoms with Gasteiger partial charge in [0.2, 0.25) is 11.8 Å². The summed E-state index contributed by atoms with van der Waals surface area (Å²) in [7, 11) is 0. The molecule has 7 heteroatoms. The molecule has 4 rings (SSSR count). The summed E-state index contributed by atoms with van der Waals surface area (Å²) in [6.07, 6.45) is 4.25. The van der Waals surface area contributed by atoms with Crippen LogP contribution in [0.15, 0.2) is 18.2 Å². The van der Waals surface area contributed by atoms with Gasteiger partial charge < -0.3 is 15.0 Å². The number of imidazole rings is 1. The number of amides is 1. The fraction of sp³-hybridized carbons (Fsp3) is 0.600. The van der Waals surface area contributed by atoms with Crippen molar-refractivity contribution < 1.29 is 18.3 Å². The van der Waals surface area contributed by atoms with Gasteiger partial charge in [-0.25, -0.2) is 13.8 Å². The predicted molar refractivity (Wildman–Crippen MR) is 97.5 cm³/mol. The zero-order valence-corrected chi connectivity index (χ0v) is 15.3. The van der Waals surface area contributed by atoms with E-state index in [4.69, 9.17) is 4.74 Å². The van der Waals surface area contributed by atoms with Crippen LogP contribution in [0.2, 0.25) is 0 Å². The number of H-pyrrole nitrogens is 1. The van der Waals surface area contributed by atoms with Crippen molar-refractivity contribution in [1.82, 2.24) is 15.3 Å². The van der Waals surface area contributed by atoms with Crippen LogP contribution in [0.1, 0.15) is 49.9 Å². The maximum atomic E-state index is 12.8. The molecule has 2 aromatic rings. The fourth-order valence-corrected chi connectivity index (χ4v) is 3.96. The first-order chi connectivity index (χ1) is 13.0. The van der Waals surface area contributed by atoms with E-state index >= 15 is 0 Å². The number of nitrogens with one attached hydrogen (secondary N) is 2. The Morgan fingerprint density at radius 2 is 2.19 bits per heavy atom. The van der Waals surface area contributed by atoms with Crippen molar-refractivity contribution in [2.75, 3.05) is 6.61 Å². The van der Waals surface area contributed by atoms with Gasteiger partial charge in [-0.15, -0.1) is 0 Å². The third-order valence-corrected chi connectivity index (χ3v) is 5.43. The quantitative estimate of drug-likeness (QED) is 0.806. The highest BCUT2D eigenvalue weighted by Gasteiger charge is 2.45. The number of carbonyl (C=O) groups is 1. The molecule has 5 nitrogen and oxygen atoms in total. The molecule has 1 aromatic carbocycles. The Hall–Kier alpha value is -2.02. The highest BCUT2D eigenvalue weighted by molar-refractivity contribution is 5.78. The number of nitrogens with zero attached hydrogens (tertiary/aromatic N) is 1. The monoisotopic (exact) mass is 377 g/mol. The Labute approximate surface area is 156 Å². The normalized spacial score (nSPS) is 22.5. The average molecular weight is 377 g/mol. The molecule has 2 aliphatic rings. The lowest BCUT2D eigenvalue weighted by Crippen LogP contribution is -2.38. The topological polar surface area (TPSA) is 67.0 Å². The number of hydrogen-bond acceptors (Lipinski definition) is 3. The van der Waals surface area contributed by atoms with Crippen LogP contribution in [0.25, 0.3) is 11.0 Å². The van der Waals surface area contributed by atoms with Crippen molar-refractivity contribution in [3.8, 4) is 0 Å². The SMILES string of the molecule is O=C(CC1CC(F)(F)C1)NCc1ccc2nc(CC3CCCCO3)[nH]c2c1. The number of aromatic amines is 1. The van der Waals surface area contributed by atoms with E-state index in [1.54, 1.807) is 0 Å². The first-order valence-electron chi connectivity index (χ1n) is 9.70. The van der Waals surface area contributed by atoms with Crippen LogP contribution >= 0.6 is 0 Å². The van der Waals surface area contributed by atoms with E-state index in [-0.39, 0.29) is 37.2 Å². The highest BCUT2D eigenvalue weighted by atomic mass is 19.3. The Kier molecular flexibility index (Phi) is 5.12. The van der Waals surface area contributed by atoms with Gasteiger partial charge in [-0.05, 0) is 42.9 Å². The predicted octanol–water partition coefficient (Wildman–Crippen LogP) is 3.73. The molecule has 2 fully saturated rings. The van der Waals surface area contributed by atoms with Gasteiger partial charge in [-0.1, -0.05) is 6.07 Å². The fourth-order valence-electron chi connectivity index (χ4n) is 3.96. The molecule has 1 saturated heterocycles. The number of carbonyl (C=O) groups excluding carboxylic acids is 1. The zero-order valence-electron chi connectivity index (χ0n) is 15.3. The molecule has 2 heterocycles. The summed E-state index contributed by atoms with van der Waals surface area (Å²) in [6, 6.07) is 5.85. The summed E-state index contributed by atoms with van der Waals surface area (Å²) >= 11 is 0. The first kappa shape index (κ1) is 18.3. The van der Waals surface area contributed by atoms with Crippen LogP contribution in [0.5, 0.6) is 0 Å². The van der Waals surface area contributed by atoms with Gasteiger partial charge in [0.05, 0.1) is 17.1 Å². The molecule has 1 atom stereocenters. The van der Waals surface area contributed by atoms with Gasteiger partial charge >= 0.3 is 0 Å². The van der Waals surface area contributed by atoms with Gasteiger partial charge in [0.1, 0.15) is 5.82 Å². The number of rotatable bonds is 6. The van der Waals surface area contributed by atoms with Crippen LogP contribution in [-0.4, -0.2) is 34.5 Å². The second-order valence-corrected chi connectivity index (χ2v) is 7.84. The summed E-state index contributed by atoms with van der Waals surface area (Å²) < 4.78 is 31.4. The van der Waals surface area contributed by atoms with Crippen molar-refractivity contribution in [2.24, 2.45) is 5.92 Å². The van der Waals surface area contributed by atoms with E-state index in [0.717, 1.165) is 48.3 Å². The molecule has 27 heavy (non-hydrogen) atoms. The van der Waals surface area contributed by atoms with Gasteiger partial charge in [0.25, 0.3) is 0 Å². The smallest absolute Gasteiger partial charge is 0.248 e. The standard InChI is InChI=1S/C20H25F2N3O2/c21-20(22)10-14(11-20)8-19(26)23-12-13-4-5-16-17(7-13)25-18(24-16)9-15-3-1-2-6-27-15/h4-5,7,14-15H,1-3,6,8-12H2,(H,23,26)(H,24,25).